The van der Waals surface area contributed by atoms with E-state index in [4.69, 9.17) is 5.11 Å². The molecule has 1 saturated heterocycles. The number of halogens is 1. The fourth-order valence-corrected chi connectivity index (χ4v) is 2.10. The second kappa shape index (κ2) is 4.97. The molecular formula is C12H13BrN2O3. The molecule has 1 fully saturated rings. The summed E-state index contributed by atoms with van der Waals surface area (Å²) in [6, 6.07) is 5.32. The molecule has 0 saturated carbocycles. The average molecular weight is 313 g/mol. The van der Waals surface area contributed by atoms with Crippen molar-refractivity contribution in [3.05, 3.63) is 28.2 Å². The zero-order chi connectivity index (χ0) is 13.3. The number of likely N-dealkylation sites (tertiary alicyclic amines) is 1. The molecule has 0 atom stereocenters. The first-order valence-corrected chi connectivity index (χ1v) is 6.32. The number of hydrogen-bond acceptors (Lipinski definition) is 2. The van der Waals surface area contributed by atoms with E-state index in [2.05, 4.69) is 21.2 Å². The van der Waals surface area contributed by atoms with E-state index in [1.807, 2.05) is 19.1 Å². The smallest absolute Gasteiger partial charge is 0.321 e. The Morgan fingerprint density at radius 2 is 2.11 bits per heavy atom. The summed E-state index contributed by atoms with van der Waals surface area (Å²) in [5, 5.41) is 11.5. The number of urea groups is 1. The molecule has 2 N–H and O–H groups in total. The topological polar surface area (TPSA) is 69.6 Å². The van der Waals surface area contributed by atoms with Crippen LogP contribution in [0.25, 0.3) is 0 Å². The van der Waals surface area contributed by atoms with Crippen molar-refractivity contribution in [2.45, 2.75) is 6.92 Å². The van der Waals surface area contributed by atoms with E-state index in [0.717, 1.165) is 10.0 Å². The predicted molar refractivity (Wildman–Crippen MR) is 70.6 cm³/mol. The SMILES string of the molecule is Cc1cccc(NC(=O)N2CC(C(=O)O)C2)c1Br. The molecule has 1 aliphatic rings. The van der Waals surface area contributed by atoms with E-state index in [0.29, 0.717) is 5.69 Å². The Balaban J connectivity index is 1.97. The number of anilines is 1. The van der Waals surface area contributed by atoms with Gasteiger partial charge in [0.25, 0.3) is 0 Å². The second-order valence-corrected chi connectivity index (χ2v) is 5.10. The lowest BCUT2D eigenvalue weighted by atomic mass is 10.0. The van der Waals surface area contributed by atoms with Gasteiger partial charge in [-0.2, -0.15) is 0 Å². The van der Waals surface area contributed by atoms with Crippen molar-refractivity contribution in [1.82, 2.24) is 4.90 Å². The number of nitrogens with one attached hydrogen (secondary N) is 1. The van der Waals surface area contributed by atoms with Crippen molar-refractivity contribution in [3.8, 4) is 0 Å². The van der Waals surface area contributed by atoms with Crippen LogP contribution in [0.5, 0.6) is 0 Å². The van der Waals surface area contributed by atoms with Gasteiger partial charge >= 0.3 is 12.0 Å². The number of aliphatic carboxylic acids is 1. The van der Waals surface area contributed by atoms with Crippen LogP contribution in [0.4, 0.5) is 10.5 Å². The summed E-state index contributed by atoms with van der Waals surface area (Å²) in [5.41, 5.74) is 1.72. The Morgan fingerprint density at radius 1 is 1.44 bits per heavy atom. The molecule has 0 aromatic heterocycles. The Hall–Kier alpha value is -1.56. The highest BCUT2D eigenvalue weighted by Gasteiger charge is 2.35. The molecule has 0 radical (unpaired) electrons. The highest BCUT2D eigenvalue weighted by molar-refractivity contribution is 9.10. The number of hydrogen-bond donors (Lipinski definition) is 2. The molecule has 96 valence electrons. The molecule has 0 bridgehead atoms. The van der Waals surface area contributed by atoms with Crippen molar-refractivity contribution < 1.29 is 14.7 Å². The third-order valence-electron chi connectivity index (χ3n) is 2.95. The summed E-state index contributed by atoms with van der Waals surface area (Å²) in [6.07, 6.45) is 0. The molecule has 0 unspecified atom stereocenters. The van der Waals surface area contributed by atoms with Crippen molar-refractivity contribution >= 4 is 33.6 Å². The Morgan fingerprint density at radius 3 is 2.72 bits per heavy atom. The third-order valence-corrected chi connectivity index (χ3v) is 4.00. The van der Waals surface area contributed by atoms with Gasteiger partial charge in [-0.05, 0) is 34.5 Å². The van der Waals surface area contributed by atoms with Crippen molar-refractivity contribution in [2.75, 3.05) is 18.4 Å². The van der Waals surface area contributed by atoms with E-state index in [1.54, 1.807) is 6.07 Å². The van der Waals surface area contributed by atoms with Crippen molar-refractivity contribution in [1.29, 1.82) is 0 Å². The first-order valence-electron chi connectivity index (χ1n) is 5.53. The number of rotatable bonds is 2. The van der Waals surface area contributed by atoms with Gasteiger partial charge in [-0.25, -0.2) is 4.79 Å². The zero-order valence-electron chi connectivity index (χ0n) is 9.81. The maximum Gasteiger partial charge on any atom is 0.321 e. The van der Waals surface area contributed by atoms with Crippen LogP contribution in [-0.2, 0) is 4.79 Å². The number of benzene rings is 1. The largest absolute Gasteiger partial charge is 0.481 e. The molecule has 0 spiro atoms. The third kappa shape index (κ3) is 2.48. The van der Waals surface area contributed by atoms with Crippen LogP contribution in [0.1, 0.15) is 5.56 Å². The summed E-state index contributed by atoms with van der Waals surface area (Å²) in [6.45, 7) is 2.47. The lowest BCUT2D eigenvalue weighted by Crippen LogP contribution is -2.54. The van der Waals surface area contributed by atoms with Crippen molar-refractivity contribution in [2.24, 2.45) is 5.92 Å². The van der Waals surface area contributed by atoms with Gasteiger partial charge < -0.3 is 15.3 Å². The van der Waals surface area contributed by atoms with Gasteiger partial charge in [0, 0.05) is 17.6 Å². The fraction of sp³-hybridized carbons (Fsp3) is 0.333. The molecule has 1 aromatic carbocycles. The van der Waals surface area contributed by atoms with Gasteiger partial charge in [0.1, 0.15) is 0 Å². The highest BCUT2D eigenvalue weighted by atomic mass is 79.9. The molecule has 2 amide bonds. The molecule has 1 aliphatic heterocycles. The maximum absolute atomic E-state index is 11.8. The van der Waals surface area contributed by atoms with Crippen LogP contribution >= 0.6 is 15.9 Å². The number of carboxylic acid groups (broad SMARTS) is 1. The van der Waals surface area contributed by atoms with Crippen LogP contribution in [0.15, 0.2) is 22.7 Å². The number of aryl methyl sites for hydroxylation is 1. The van der Waals surface area contributed by atoms with Crippen molar-refractivity contribution in [3.63, 3.8) is 0 Å². The summed E-state index contributed by atoms with van der Waals surface area (Å²) < 4.78 is 0.841. The predicted octanol–water partition coefficient (Wildman–Crippen LogP) is 2.31. The van der Waals surface area contributed by atoms with E-state index in [-0.39, 0.29) is 19.1 Å². The lowest BCUT2D eigenvalue weighted by Gasteiger charge is -2.36. The number of carboxylic acids is 1. The number of nitrogens with zero attached hydrogens (tertiary/aromatic N) is 1. The molecule has 6 heteroatoms. The van der Waals surface area contributed by atoms with Crippen LogP contribution in [0.3, 0.4) is 0 Å². The van der Waals surface area contributed by atoms with E-state index < -0.39 is 11.9 Å². The molecule has 5 nitrogen and oxygen atoms in total. The van der Waals surface area contributed by atoms with Crippen LogP contribution in [0, 0.1) is 12.8 Å². The van der Waals surface area contributed by atoms with Crippen LogP contribution < -0.4 is 5.32 Å². The first kappa shape index (κ1) is 12.9. The Bertz CT molecular complexity index is 498. The van der Waals surface area contributed by atoms with Gasteiger partial charge in [0.15, 0.2) is 0 Å². The van der Waals surface area contributed by atoms with Gasteiger partial charge in [0.2, 0.25) is 0 Å². The maximum atomic E-state index is 11.8. The molecule has 1 heterocycles. The van der Waals surface area contributed by atoms with Crippen LogP contribution in [-0.4, -0.2) is 35.1 Å². The van der Waals surface area contributed by atoms with E-state index in [9.17, 15) is 9.59 Å². The standard InChI is InChI=1S/C12H13BrN2O3/c1-7-3-2-4-9(10(7)13)14-12(18)15-5-8(6-15)11(16)17/h2-4,8H,5-6H2,1H3,(H,14,18)(H,16,17). The molecular weight excluding hydrogens is 300 g/mol. The summed E-state index contributed by atoms with van der Waals surface area (Å²) in [4.78, 5) is 23.9. The van der Waals surface area contributed by atoms with E-state index >= 15 is 0 Å². The molecule has 18 heavy (non-hydrogen) atoms. The number of carbonyl (C=O) groups is 2. The quantitative estimate of drug-likeness (QED) is 0.880. The lowest BCUT2D eigenvalue weighted by molar-refractivity contribution is -0.145. The minimum absolute atomic E-state index is 0.265. The van der Waals surface area contributed by atoms with Gasteiger partial charge in [-0.1, -0.05) is 12.1 Å². The van der Waals surface area contributed by atoms with Gasteiger partial charge in [-0.15, -0.1) is 0 Å². The number of carbonyl (C=O) groups excluding carboxylic acids is 1. The molecule has 0 aliphatic carbocycles. The van der Waals surface area contributed by atoms with Gasteiger partial charge in [0.05, 0.1) is 11.6 Å². The number of amides is 2. The normalized spacial score (nSPS) is 15.1. The summed E-state index contributed by atoms with van der Waals surface area (Å²) in [5.74, 6) is -1.28. The summed E-state index contributed by atoms with van der Waals surface area (Å²) >= 11 is 3.41. The zero-order valence-corrected chi connectivity index (χ0v) is 11.4. The minimum Gasteiger partial charge on any atom is -0.481 e. The first-order chi connectivity index (χ1) is 8.49. The Labute approximate surface area is 113 Å². The molecule has 1 aromatic rings. The van der Waals surface area contributed by atoms with Crippen LogP contribution in [0.2, 0.25) is 0 Å². The monoisotopic (exact) mass is 312 g/mol. The Kier molecular flexibility index (Phi) is 3.56. The minimum atomic E-state index is -0.851. The second-order valence-electron chi connectivity index (χ2n) is 4.31. The highest BCUT2D eigenvalue weighted by Crippen LogP contribution is 2.26. The van der Waals surface area contributed by atoms with Gasteiger partial charge in [-0.3, -0.25) is 4.79 Å². The molecule has 2 rings (SSSR count). The summed E-state index contributed by atoms with van der Waals surface area (Å²) in [7, 11) is 0. The average Bonchev–Trinajstić information content (AvgIpc) is 2.22. The van der Waals surface area contributed by atoms with E-state index in [1.165, 1.54) is 4.90 Å². The fourth-order valence-electron chi connectivity index (χ4n) is 1.74.